The Balaban J connectivity index is 1.08. The van der Waals surface area contributed by atoms with Crippen LogP contribution in [0.15, 0.2) is 71.3 Å². The number of halogens is 2. The normalized spacial score (nSPS) is 15.2. The van der Waals surface area contributed by atoms with Crippen molar-refractivity contribution in [2.45, 2.75) is 25.2 Å². The van der Waals surface area contributed by atoms with E-state index in [-0.39, 0.29) is 11.6 Å². The van der Waals surface area contributed by atoms with E-state index < -0.39 is 0 Å². The van der Waals surface area contributed by atoms with Gasteiger partial charge < -0.3 is 14.2 Å². The van der Waals surface area contributed by atoms with E-state index in [9.17, 15) is 8.78 Å². The van der Waals surface area contributed by atoms with Crippen LogP contribution < -0.4 is 4.74 Å². The molecular weight excluding hydrogens is 422 g/mol. The van der Waals surface area contributed by atoms with Crippen molar-refractivity contribution in [3.63, 3.8) is 0 Å². The number of piperidine rings is 1. The fraction of sp³-hybridized carbons (Fsp3) is 0.296. The molecule has 0 unspecified atom stereocenters. The van der Waals surface area contributed by atoms with Gasteiger partial charge in [0, 0.05) is 23.6 Å². The second kappa shape index (κ2) is 9.71. The molecule has 1 fully saturated rings. The number of rotatable bonds is 7. The largest absolute Gasteiger partial charge is 0.494 e. The van der Waals surface area contributed by atoms with E-state index in [1.165, 1.54) is 12.1 Å². The van der Waals surface area contributed by atoms with Crippen molar-refractivity contribution >= 4 is 11.0 Å². The first-order valence-electron chi connectivity index (χ1n) is 11.4. The Hall–Kier alpha value is -3.25. The Morgan fingerprint density at radius 3 is 2.55 bits per heavy atom. The molecule has 0 atom stereocenters. The molecular formula is C27H26F2N2O2. The SMILES string of the molecule is Fc1ccc2c(-c3ccc(OCCCN4CCC(c5ccccc5F)CC4)cc3)noc2c1. The number of likely N-dealkylation sites (tertiary alicyclic amines) is 1. The predicted molar refractivity (Wildman–Crippen MR) is 124 cm³/mol. The van der Waals surface area contributed by atoms with Crippen molar-refractivity contribution in [3.05, 3.63) is 83.9 Å². The highest BCUT2D eigenvalue weighted by Crippen LogP contribution is 2.31. The zero-order valence-electron chi connectivity index (χ0n) is 18.3. The summed E-state index contributed by atoms with van der Waals surface area (Å²) in [6, 6.07) is 19.3. The minimum absolute atomic E-state index is 0.0824. The van der Waals surface area contributed by atoms with Gasteiger partial charge in [-0.1, -0.05) is 23.4 Å². The van der Waals surface area contributed by atoms with Crippen molar-refractivity contribution in [2.75, 3.05) is 26.2 Å². The van der Waals surface area contributed by atoms with Gasteiger partial charge >= 0.3 is 0 Å². The lowest BCUT2D eigenvalue weighted by Crippen LogP contribution is -2.34. The lowest BCUT2D eigenvalue weighted by molar-refractivity contribution is 0.192. The molecule has 2 heterocycles. The molecule has 0 radical (unpaired) electrons. The Bertz CT molecular complexity index is 1210. The van der Waals surface area contributed by atoms with Crippen LogP contribution in [0.4, 0.5) is 8.78 Å². The van der Waals surface area contributed by atoms with Crippen LogP contribution in [0.1, 0.15) is 30.7 Å². The van der Waals surface area contributed by atoms with Gasteiger partial charge in [0.25, 0.3) is 0 Å². The average Bonchev–Trinajstić information content (AvgIpc) is 3.26. The maximum absolute atomic E-state index is 14.0. The molecule has 1 saturated heterocycles. The summed E-state index contributed by atoms with van der Waals surface area (Å²) < 4.78 is 38.5. The lowest BCUT2D eigenvalue weighted by Gasteiger charge is -2.32. The van der Waals surface area contributed by atoms with E-state index in [0.717, 1.165) is 61.2 Å². The third-order valence-corrected chi connectivity index (χ3v) is 6.38. The predicted octanol–water partition coefficient (Wildman–Crippen LogP) is 6.42. The fourth-order valence-corrected chi connectivity index (χ4v) is 4.58. The van der Waals surface area contributed by atoms with E-state index in [1.807, 2.05) is 36.4 Å². The fourth-order valence-electron chi connectivity index (χ4n) is 4.58. The molecule has 1 aromatic heterocycles. The summed E-state index contributed by atoms with van der Waals surface area (Å²) in [6.07, 6.45) is 2.92. The Morgan fingerprint density at radius 2 is 1.76 bits per heavy atom. The molecule has 1 aliphatic heterocycles. The molecule has 170 valence electrons. The van der Waals surface area contributed by atoms with Gasteiger partial charge in [0.05, 0.1) is 6.61 Å². The number of fused-ring (bicyclic) bond motifs is 1. The minimum Gasteiger partial charge on any atom is -0.494 e. The molecule has 4 aromatic rings. The standard InChI is InChI=1S/C27H26F2N2O2/c28-21-8-11-24-26(18-21)33-30-27(24)20-6-9-22(10-7-20)32-17-3-14-31-15-12-19(13-16-31)23-4-1-2-5-25(23)29/h1-2,4-11,18-19H,3,12-17H2. The molecule has 0 N–H and O–H groups in total. The molecule has 3 aromatic carbocycles. The van der Waals surface area contributed by atoms with Crippen LogP contribution in [0, 0.1) is 11.6 Å². The highest BCUT2D eigenvalue weighted by Gasteiger charge is 2.22. The van der Waals surface area contributed by atoms with Gasteiger partial charge in [-0.05, 0) is 86.3 Å². The first kappa shape index (κ1) is 21.6. The summed E-state index contributed by atoms with van der Waals surface area (Å²) in [6.45, 7) is 3.59. The van der Waals surface area contributed by atoms with Crippen molar-refractivity contribution in [3.8, 4) is 17.0 Å². The topological polar surface area (TPSA) is 38.5 Å². The van der Waals surface area contributed by atoms with Gasteiger partial charge in [-0.3, -0.25) is 0 Å². The zero-order chi connectivity index (χ0) is 22.6. The van der Waals surface area contributed by atoms with Crippen LogP contribution in [0.3, 0.4) is 0 Å². The van der Waals surface area contributed by atoms with Gasteiger partial charge in [-0.2, -0.15) is 0 Å². The Morgan fingerprint density at radius 1 is 0.970 bits per heavy atom. The van der Waals surface area contributed by atoms with Gasteiger partial charge in [-0.15, -0.1) is 0 Å². The Labute approximate surface area is 191 Å². The first-order chi connectivity index (χ1) is 16.2. The molecule has 0 spiro atoms. The van der Waals surface area contributed by atoms with Crippen LogP contribution >= 0.6 is 0 Å². The van der Waals surface area contributed by atoms with Crippen LogP contribution in [0.25, 0.3) is 22.2 Å². The van der Waals surface area contributed by atoms with Crippen LogP contribution in [-0.4, -0.2) is 36.3 Å². The molecule has 33 heavy (non-hydrogen) atoms. The van der Waals surface area contributed by atoms with E-state index in [0.29, 0.717) is 23.8 Å². The summed E-state index contributed by atoms with van der Waals surface area (Å²) in [5, 5.41) is 4.87. The Kier molecular flexibility index (Phi) is 6.35. The van der Waals surface area contributed by atoms with Crippen LogP contribution in [-0.2, 0) is 0 Å². The number of benzene rings is 3. The molecule has 0 amide bonds. The summed E-state index contributed by atoms with van der Waals surface area (Å²) in [5.74, 6) is 0.693. The van der Waals surface area contributed by atoms with Crippen molar-refractivity contribution < 1.29 is 18.0 Å². The van der Waals surface area contributed by atoms with Crippen molar-refractivity contribution in [2.24, 2.45) is 0 Å². The highest BCUT2D eigenvalue weighted by atomic mass is 19.1. The quantitative estimate of drug-likeness (QED) is 0.306. The van der Waals surface area contributed by atoms with E-state index in [4.69, 9.17) is 9.26 Å². The smallest absolute Gasteiger partial charge is 0.170 e. The maximum atomic E-state index is 14.0. The van der Waals surface area contributed by atoms with E-state index in [1.54, 1.807) is 18.2 Å². The van der Waals surface area contributed by atoms with Crippen molar-refractivity contribution in [1.82, 2.24) is 10.1 Å². The zero-order valence-corrected chi connectivity index (χ0v) is 18.3. The summed E-state index contributed by atoms with van der Waals surface area (Å²) >= 11 is 0. The molecule has 1 aliphatic rings. The number of hydrogen-bond donors (Lipinski definition) is 0. The summed E-state index contributed by atoms with van der Waals surface area (Å²) in [5.41, 5.74) is 2.87. The van der Waals surface area contributed by atoms with Crippen molar-refractivity contribution in [1.29, 1.82) is 0 Å². The number of aromatic nitrogens is 1. The lowest BCUT2D eigenvalue weighted by atomic mass is 9.89. The average molecular weight is 449 g/mol. The molecule has 0 aliphatic carbocycles. The number of nitrogens with zero attached hydrogens (tertiary/aromatic N) is 2. The van der Waals surface area contributed by atoms with Gasteiger partial charge in [-0.25, -0.2) is 8.78 Å². The number of ether oxygens (including phenoxy) is 1. The first-order valence-corrected chi connectivity index (χ1v) is 11.4. The van der Waals surface area contributed by atoms with Gasteiger partial charge in [0.2, 0.25) is 0 Å². The number of hydrogen-bond acceptors (Lipinski definition) is 4. The molecule has 4 nitrogen and oxygen atoms in total. The van der Waals surface area contributed by atoms with E-state index >= 15 is 0 Å². The third kappa shape index (κ3) is 4.91. The monoisotopic (exact) mass is 448 g/mol. The summed E-state index contributed by atoms with van der Waals surface area (Å²) in [7, 11) is 0. The molecule has 6 heteroatoms. The second-order valence-electron chi connectivity index (χ2n) is 8.54. The van der Waals surface area contributed by atoms with Crippen LogP contribution in [0.2, 0.25) is 0 Å². The third-order valence-electron chi connectivity index (χ3n) is 6.38. The van der Waals surface area contributed by atoms with E-state index in [2.05, 4.69) is 10.1 Å². The van der Waals surface area contributed by atoms with Crippen LogP contribution in [0.5, 0.6) is 5.75 Å². The summed E-state index contributed by atoms with van der Waals surface area (Å²) in [4.78, 5) is 2.43. The molecule has 0 saturated carbocycles. The maximum Gasteiger partial charge on any atom is 0.170 e. The van der Waals surface area contributed by atoms with Gasteiger partial charge in [0.15, 0.2) is 5.58 Å². The second-order valence-corrected chi connectivity index (χ2v) is 8.54. The van der Waals surface area contributed by atoms with Gasteiger partial charge in [0.1, 0.15) is 23.1 Å². The minimum atomic E-state index is -0.344. The highest BCUT2D eigenvalue weighted by molar-refractivity contribution is 5.91. The molecule has 5 rings (SSSR count). The molecule has 0 bridgehead atoms.